The van der Waals surface area contributed by atoms with Crippen molar-refractivity contribution in [2.45, 2.75) is 71.9 Å². The molecule has 1 aromatic carbocycles. The number of aromatic amines is 1. The number of halogens is 2. The molecule has 0 aliphatic heterocycles. The Kier molecular flexibility index (Phi) is 8.74. The zero-order valence-corrected chi connectivity index (χ0v) is 20.4. The highest BCUT2D eigenvalue weighted by molar-refractivity contribution is 6.43. The number of rotatable bonds is 11. The van der Waals surface area contributed by atoms with Gasteiger partial charge in [0.15, 0.2) is 11.2 Å². The summed E-state index contributed by atoms with van der Waals surface area (Å²) in [5.41, 5.74) is 0.291. The maximum Gasteiger partial charge on any atom is 0.330 e. The summed E-state index contributed by atoms with van der Waals surface area (Å²) in [6, 6.07) is 5.03. The van der Waals surface area contributed by atoms with Crippen LogP contribution in [0.25, 0.3) is 11.2 Å². The number of aryl methyl sites for hydroxylation is 3. The van der Waals surface area contributed by atoms with Gasteiger partial charge in [0.2, 0.25) is 5.91 Å². The van der Waals surface area contributed by atoms with E-state index in [0.29, 0.717) is 47.2 Å². The van der Waals surface area contributed by atoms with Gasteiger partial charge in [-0.1, -0.05) is 62.4 Å². The third-order valence-corrected chi connectivity index (χ3v) is 6.31. The van der Waals surface area contributed by atoms with Crippen LogP contribution >= 0.6 is 23.2 Å². The molecule has 33 heavy (non-hydrogen) atoms. The molecule has 8 nitrogen and oxygen atoms in total. The Morgan fingerprint density at radius 3 is 2.52 bits per heavy atom. The SMILES string of the molecule is CCCCCn1c(CCC(=O)Nc2cccc(Cl)c2Cl)nc2c1c(=O)[nH]c(=O)n2CCCC. The number of carbonyl (C=O) groups excluding carboxylic acids is 1. The molecule has 0 aliphatic carbocycles. The van der Waals surface area contributed by atoms with Gasteiger partial charge in [-0.25, -0.2) is 9.78 Å². The Bertz CT molecular complexity index is 1250. The lowest BCUT2D eigenvalue weighted by Gasteiger charge is -2.10. The summed E-state index contributed by atoms with van der Waals surface area (Å²) in [7, 11) is 0. The number of imidazole rings is 1. The average molecular weight is 494 g/mol. The minimum absolute atomic E-state index is 0.136. The molecule has 2 heterocycles. The highest BCUT2D eigenvalue weighted by Crippen LogP contribution is 2.29. The Balaban J connectivity index is 1.91. The maximum atomic E-state index is 12.7. The number of carbonyl (C=O) groups is 1. The number of hydrogen-bond donors (Lipinski definition) is 2. The average Bonchev–Trinajstić information content (AvgIpc) is 3.14. The number of amides is 1. The Labute approximate surface area is 201 Å². The standard InChI is InChI=1S/C23H29Cl2N5O3/c1-3-5-7-14-29-17(11-12-18(31)26-16-10-8-9-15(24)19(16)25)27-21-20(29)22(32)28-23(33)30(21)13-6-4-2/h8-10H,3-7,11-14H2,1-2H3,(H,26,31)(H,28,32,33). The quantitative estimate of drug-likeness (QED) is 0.376. The zero-order valence-electron chi connectivity index (χ0n) is 18.9. The number of hydrogen-bond acceptors (Lipinski definition) is 4. The van der Waals surface area contributed by atoms with Crippen molar-refractivity contribution in [1.82, 2.24) is 19.1 Å². The third-order valence-electron chi connectivity index (χ3n) is 5.49. The summed E-state index contributed by atoms with van der Waals surface area (Å²) >= 11 is 12.2. The Morgan fingerprint density at radius 2 is 1.79 bits per heavy atom. The topological polar surface area (TPSA) is 102 Å². The van der Waals surface area contributed by atoms with Crippen LogP contribution in [0.15, 0.2) is 27.8 Å². The molecule has 0 saturated carbocycles. The van der Waals surface area contributed by atoms with Crippen LogP contribution in [0.4, 0.5) is 5.69 Å². The number of fused-ring (bicyclic) bond motifs is 1. The van der Waals surface area contributed by atoms with Gasteiger partial charge in [-0.05, 0) is 25.0 Å². The lowest BCUT2D eigenvalue weighted by Crippen LogP contribution is -2.31. The molecule has 2 aromatic heterocycles. The first-order chi connectivity index (χ1) is 15.9. The second kappa shape index (κ2) is 11.5. The van der Waals surface area contributed by atoms with Gasteiger partial charge < -0.3 is 9.88 Å². The van der Waals surface area contributed by atoms with Crippen molar-refractivity contribution in [2.24, 2.45) is 0 Å². The van der Waals surface area contributed by atoms with Crippen molar-refractivity contribution in [3.63, 3.8) is 0 Å². The summed E-state index contributed by atoms with van der Waals surface area (Å²) in [5, 5.41) is 3.41. The van der Waals surface area contributed by atoms with Crippen LogP contribution in [0.2, 0.25) is 10.0 Å². The predicted octanol–water partition coefficient (Wildman–Crippen LogP) is 4.75. The van der Waals surface area contributed by atoms with Crippen LogP contribution in [0.3, 0.4) is 0 Å². The van der Waals surface area contributed by atoms with E-state index in [0.717, 1.165) is 32.1 Å². The number of aromatic nitrogens is 4. The Hall–Kier alpha value is -2.58. The van der Waals surface area contributed by atoms with E-state index in [4.69, 9.17) is 23.2 Å². The number of anilines is 1. The van der Waals surface area contributed by atoms with Crippen molar-refractivity contribution in [1.29, 1.82) is 0 Å². The van der Waals surface area contributed by atoms with E-state index >= 15 is 0 Å². The Morgan fingerprint density at radius 1 is 1.06 bits per heavy atom. The largest absolute Gasteiger partial charge is 0.330 e. The first-order valence-corrected chi connectivity index (χ1v) is 12.1. The van der Waals surface area contributed by atoms with E-state index in [-0.39, 0.29) is 17.4 Å². The van der Waals surface area contributed by atoms with E-state index < -0.39 is 11.2 Å². The van der Waals surface area contributed by atoms with Crippen molar-refractivity contribution >= 4 is 46.0 Å². The molecule has 3 rings (SSSR count). The van der Waals surface area contributed by atoms with Crippen LogP contribution in [-0.2, 0) is 24.3 Å². The number of benzene rings is 1. The third kappa shape index (κ3) is 5.86. The van der Waals surface area contributed by atoms with Gasteiger partial charge >= 0.3 is 5.69 Å². The van der Waals surface area contributed by atoms with Gasteiger partial charge in [-0.3, -0.25) is 19.1 Å². The molecule has 178 valence electrons. The van der Waals surface area contributed by atoms with Crippen molar-refractivity contribution in [3.8, 4) is 0 Å². The second-order valence-corrected chi connectivity index (χ2v) is 8.76. The fraction of sp³-hybridized carbons (Fsp3) is 0.478. The number of nitrogens with zero attached hydrogens (tertiary/aromatic N) is 3. The monoisotopic (exact) mass is 493 g/mol. The van der Waals surface area contributed by atoms with Gasteiger partial charge in [0, 0.05) is 25.9 Å². The molecule has 0 saturated heterocycles. The molecule has 3 aromatic rings. The van der Waals surface area contributed by atoms with Crippen molar-refractivity contribution in [2.75, 3.05) is 5.32 Å². The second-order valence-electron chi connectivity index (χ2n) is 7.97. The van der Waals surface area contributed by atoms with Gasteiger partial charge in [-0.2, -0.15) is 0 Å². The van der Waals surface area contributed by atoms with E-state index in [9.17, 15) is 14.4 Å². The number of unbranched alkanes of at least 4 members (excludes halogenated alkanes) is 3. The highest BCUT2D eigenvalue weighted by Gasteiger charge is 2.19. The molecular weight excluding hydrogens is 465 g/mol. The lowest BCUT2D eigenvalue weighted by molar-refractivity contribution is -0.116. The van der Waals surface area contributed by atoms with Crippen LogP contribution < -0.4 is 16.6 Å². The summed E-state index contributed by atoms with van der Waals surface area (Å²) < 4.78 is 3.37. The predicted molar refractivity (Wildman–Crippen MR) is 132 cm³/mol. The molecule has 0 fully saturated rings. The molecule has 0 atom stereocenters. The van der Waals surface area contributed by atoms with E-state index in [2.05, 4.69) is 22.2 Å². The highest BCUT2D eigenvalue weighted by atomic mass is 35.5. The molecule has 0 bridgehead atoms. The van der Waals surface area contributed by atoms with Crippen LogP contribution in [-0.4, -0.2) is 25.0 Å². The van der Waals surface area contributed by atoms with Gasteiger partial charge in [0.05, 0.1) is 15.7 Å². The fourth-order valence-electron chi connectivity index (χ4n) is 3.73. The first-order valence-electron chi connectivity index (χ1n) is 11.3. The minimum Gasteiger partial charge on any atom is -0.325 e. The summed E-state index contributed by atoms with van der Waals surface area (Å²) in [6.07, 6.45) is 5.05. The molecular formula is C23H29Cl2N5O3. The molecule has 10 heteroatoms. The van der Waals surface area contributed by atoms with E-state index in [1.54, 1.807) is 18.2 Å². The van der Waals surface area contributed by atoms with Gasteiger partial charge in [0.25, 0.3) is 5.56 Å². The fourth-order valence-corrected chi connectivity index (χ4v) is 4.08. The zero-order chi connectivity index (χ0) is 24.0. The molecule has 0 aliphatic rings. The van der Waals surface area contributed by atoms with E-state index in [1.807, 2.05) is 11.5 Å². The van der Waals surface area contributed by atoms with Gasteiger partial charge in [-0.15, -0.1) is 0 Å². The molecule has 2 N–H and O–H groups in total. The summed E-state index contributed by atoms with van der Waals surface area (Å²) in [5.74, 6) is 0.360. The number of H-pyrrole nitrogens is 1. The normalized spacial score (nSPS) is 11.3. The van der Waals surface area contributed by atoms with E-state index in [1.165, 1.54) is 4.57 Å². The molecule has 1 amide bonds. The van der Waals surface area contributed by atoms with Crippen LogP contribution in [0, 0.1) is 0 Å². The summed E-state index contributed by atoms with van der Waals surface area (Å²) in [6.45, 7) is 5.21. The number of nitrogens with one attached hydrogen (secondary N) is 2. The minimum atomic E-state index is -0.459. The maximum absolute atomic E-state index is 12.7. The van der Waals surface area contributed by atoms with Crippen molar-refractivity contribution in [3.05, 3.63) is 54.9 Å². The lowest BCUT2D eigenvalue weighted by atomic mass is 10.2. The van der Waals surface area contributed by atoms with Crippen LogP contribution in [0.1, 0.15) is 58.2 Å². The smallest absolute Gasteiger partial charge is 0.325 e. The van der Waals surface area contributed by atoms with Crippen LogP contribution in [0.5, 0.6) is 0 Å². The van der Waals surface area contributed by atoms with Gasteiger partial charge in [0.1, 0.15) is 5.82 Å². The molecule has 0 radical (unpaired) electrons. The first kappa shape index (κ1) is 25.1. The summed E-state index contributed by atoms with van der Waals surface area (Å²) in [4.78, 5) is 44.8. The van der Waals surface area contributed by atoms with Crippen molar-refractivity contribution < 1.29 is 4.79 Å². The molecule has 0 spiro atoms. The molecule has 0 unspecified atom stereocenters.